The lowest BCUT2D eigenvalue weighted by Crippen LogP contribution is -2.34. The highest BCUT2D eigenvalue weighted by molar-refractivity contribution is 5.95. The van der Waals surface area contributed by atoms with Crippen LogP contribution in [0.25, 0.3) is 0 Å². The van der Waals surface area contributed by atoms with Crippen molar-refractivity contribution in [3.8, 4) is 0 Å². The van der Waals surface area contributed by atoms with Crippen molar-refractivity contribution in [2.45, 2.75) is 12.7 Å². The van der Waals surface area contributed by atoms with Crippen molar-refractivity contribution in [1.29, 1.82) is 0 Å². The molecule has 5 heteroatoms. The van der Waals surface area contributed by atoms with E-state index in [0.717, 1.165) is 18.7 Å². The first-order valence-corrected chi connectivity index (χ1v) is 5.95. The summed E-state index contributed by atoms with van der Waals surface area (Å²) in [5.41, 5.74) is 2.99. The third-order valence-corrected chi connectivity index (χ3v) is 3.03. The summed E-state index contributed by atoms with van der Waals surface area (Å²) in [6, 6.07) is 5.70. The average Bonchev–Trinajstić information content (AvgIpc) is 2.86. The molecule has 1 heterocycles. The summed E-state index contributed by atoms with van der Waals surface area (Å²) >= 11 is 0. The first kappa shape index (κ1) is 12.9. The maximum absolute atomic E-state index is 11.9. The fourth-order valence-electron chi connectivity index (χ4n) is 1.99. The van der Waals surface area contributed by atoms with Gasteiger partial charge in [-0.2, -0.15) is 0 Å². The monoisotopic (exact) mass is 250 g/mol. The van der Waals surface area contributed by atoms with Crippen molar-refractivity contribution in [3.05, 3.63) is 29.3 Å². The maximum atomic E-state index is 11.9. The third-order valence-electron chi connectivity index (χ3n) is 3.03. The van der Waals surface area contributed by atoms with Gasteiger partial charge in [-0.3, -0.25) is 4.79 Å². The molecule has 1 aliphatic heterocycles. The zero-order valence-corrected chi connectivity index (χ0v) is 10.7. The van der Waals surface area contributed by atoms with E-state index in [4.69, 9.17) is 9.47 Å². The van der Waals surface area contributed by atoms with Gasteiger partial charge >= 0.3 is 0 Å². The van der Waals surface area contributed by atoms with Gasteiger partial charge in [-0.15, -0.1) is 0 Å². The van der Waals surface area contributed by atoms with Crippen LogP contribution in [0.3, 0.4) is 0 Å². The van der Waals surface area contributed by atoms with E-state index in [1.54, 1.807) is 14.2 Å². The van der Waals surface area contributed by atoms with E-state index < -0.39 is 6.29 Å². The van der Waals surface area contributed by atoms with Gasteiger partial charge < -0.3 is 20.1 Å². The number of carbonyl (C=O) groups is 1. The van der Waals surface area contributed by atoms with Gasteiger partial charge in [0.1, 0.15) is 0 Å². The Kier molecular flexibility index (Phi) is 4.17. The molecule has 0 radical (unpaired) electrons. The molecule has 5 nitrogen and oxygen atoms in total. The van der Waals surface area contributed by atoms with Crippen LogP contribution in [0.2, 0.25) is 0 Å². The van der Waals surface area contributed by atoms with Crippen molar-refractivity contribution in [1.82, 2.24) is 5.32 Å². The summed E-state index contributed by atoms with van der Waals surface area (Å²) in [4.78, 5) is 11.9. The molecule has 1 aromatic rings. The minimum atomic E-state index is -0.412. The fourth-order valence-corrected chi connectivity index (χ4v) is 1.99. The van der Waals surface area contributed by atoms with Crippen molar-refractivity contribution in [3.63, 3.8) is 0 Å². The second kappa shape index (κ2) is 5.84. The van der Waals surface area contributed by atoms with Gasteiger partial charge in [0, 0.05) is 32.0 Å². The number of benzene rings is 1. The molecule has 0 aromatic heterocycles. The van der Waals surface area contributed by atoms with E-state index in [2.05, 4.69) is 10.6 Å². The molecule has 2 rings (SSSR count). The molecule has 0 saturated heterocycles. The van der Waals surface area contributed by atoms with Crippen LogP contribution in [-0.4, -0.2) is 39.5 Å². The van der Waals surface area contributed by atoms with Crippen LogP contribution in [0.4, 0.5) is 5.69 Å². The predicted molar refractivity (Wildman–Crippen MR) is 68.8 cm³/mol. The summed E-state index contributed by atoms with van der Waals surface area (Å²) < 4.78 is 10.0. The smallest absolute Gasteiger partial charge is 0.251 e. The predicted octanol–water partition coefficient (Wildman–Crippen LogP) is 1.00. The van der Waals surface area contributed by atoms with E-state index >= 15 is 0 Å². The van der Waals surface area contributed by atoms with Gasteiger partial charge in [-0.25, -0.2) is 0 Å². The first-order chi connectivity index (χ1) is 8.74. The number of rotatable bonds is 5. The van der Waals surface area contributed by atoms with Gasteiger partial charge in [-0.05, 0) is 30.2 Å². The Labute approximate surface area is 106 Å². The van der Waals surface area contributed by atoms with E-state index in [1.165, 1.54) is 5.56 Å². The van der Waals surface area contributed by atoms with E-state index in [9.17, 15) is 4.79 Å². The quantitative estimate of drug-likeness (QED) is 0.766. The number of hydrogen-bond donors (Lipinski definition) is 2. The Morgan fingerprint density at radius 1 is 1.44 bits per heavy atom. The zero-order valence-electron chi connectivity index (χ0n) is 10.7. The molecule has 2 N–H and O–H groups in total. The minimum Gasteiger partial charge on any atom is -0.384 e. The van der Waals surface area contributed by atoms with Gasteiger partial charge in [0.2, 0.25) is 0 Å². The molecule has 18 heavy (non-hydrogen) atoms. The lowest BCUT2D eigenvalue weighted by atomic mass is 10.1. The lowest BCUT2D eigenvalue weighted by Gasteiger charge is -2.14. The number of carbonyl (C=O) groups excluding carboxylic acids is 1. The number of methoxy groups -OCH3 is 2. The van der Waals surface area contributed by atoms with Gasteiger partial charge in [0.15, 0.2) is 6.29 Å². The molecule has 1 aromatic carbocycles. The Morgan fingerprint density at radius 2 is 2.22 bits per heavy atom. The topological polar surface area (TPSA) is 59.6 Å². The van der Waals surface area contributed by atoms with Crippen LogP contribution in [0.5, 0.6) is 0 Å². The van der Waals surface area contributed by atoms with Crippen LogP contribution >= 0.6 is 0 Å². The summed E-state index contributed by atoms with van der Waals surface area (Å²) in [5, 5.41) is 6.05. The molecule has 0 saturated carbocycles. The highest BCUT2D eigenvalue weighted by Gasteiger charge is 2.14. The second-order valence-corrected chi connectivity index (χ2v) is 4.16. The number of amides is 1. The van der Waals surface area contributed by atoms with Gasteiger partial charge in [-0.1, -0.05) is 0 Å². The van der Waals surface area contributed by atoms with E-state index in [-0.39, 0.29) is 5.91 Å². The van der Waals surface area contributed by atoms with Crippen LogP contribution in [0, 0.1) is 0 Å². The molecule has 1 aliphatic rings. The second-order valence-electron chi connectivity index (χ2n) is 4.16. The summed E-state index contributed by atoms with van der Waals surface area (Å²) in [6.45, 7) is 1.27. The Balaban J connectivity index is 1.97. The maximum Gasteiger partial charge on any atom is 0.251 e. The normalized spacial score (nSPS) is 13.3. The van der Waals surface area contributed by atoms with Gasteiger partial charge in [0.25, 0.3) is 5.91 Å². The lowest BCUT2D eigenvalue weighted by molar-refractivity contribution is -0.0974. The molecule has 98 valence electrons. The Hall–Kier alpha value is -1.59. The fraction of sp³-hybridized carbons (Fsp3) is 0.462. The van der Waals surface area contributed by atoms with Gasteiger partial charge in [0.05, 0.1) is 6.54 Å². The molecular weight excluding hydrogens is 232 g/mol. The SMILES string of the molecule is COC(CNC(=O)c1ccc2c(c1)CCN2)OC. The zero-order chi connectivity index (χ0) is 13.0. The number of nitrogens with one attached hydrogen (secondary N) is 2. The van der Waals surface area contributed by atoms with Crippen molar-refractivity contribution in [2.24, 2.45) is 0 Å². The first-order valence-electron chi connectivity index (χ1n) is 5.95. The van der Waals surface area contributed by atoms with E-state index in [0.29, 0.717) is 12.1 Å². The summed E-state index contributed by atoms with van der Waals surface area (Å²) in [7, 11) is 3.09. The molecule has 0 aliphatic carbocycles. The highest BCUT2D eigenvalue weighted by Crippen LogP contribution is 2.22. The molecule has 0 atom stereocenters. The molecular formula is C13H18N2O3. The van der Waals surface area contributed by atoms with Crippen molar-refractivity contribution >= 4 is 11.6 Å². The average molecular weight is 250 g/mol. The van der Waals surface area contributed by atoms with Crippen molar-refractivity contribution < 1.29 is 14.3 Å². The Morgan fingerprint density at radius 3 is 2.94 bits per heavy atom. The number of hydrogen-bond acceptors (Lipinski definition) is 4. The van der Waals surface area contributed by atoms with Crippen LogP contribution in [0.1, 0.15) is 15.9 Å². The summed E-state index contributed by atoms with van der Waals surface area (Å²) in [5.74, 6) is -0.108. The molecule has 0 spiro atoms. The highest BCUT2D eigenvalue weighted by atomic mass is 16.7. The van der Waals surface area contributed by atoms with E-state index in [1.807, 2.05) is 18.2 Å². The molecule has 0 bridgehead atoms. The summed E-state index contributed by atoms with van der Waals surface area (Å²) in [6.07, 6.45) is 0.555. The van der Waals surface area contributed by atoms with Crippen LogP contribution < -0.4 is 10.6 Å². The molecule has 0 fully saturated rings. The number of fused-ring (bicyclic) bond motifs is 1. The van der Waals surface area contributed by atoms with Crippen LogP contribution in [-0.2, 0) is 15.9 Å². The Bertz CT molecular complexity index is 430. The number of anilines is 1. The largest absolute Gasteiger partial charge is 0.384 e. The van der Waals surface area contributed by atoms with Crippen LogP contribution in [0.15, 0.2) is 18.2 Å². The molecule has 0 unspecified atom stereocenters. The minimum absolute atomic E-state index is 0.108. The third kappa shape index (κ3) is 2.80. The molecule has 1 amide bonds. The van der Waals surface area contributed by atoms with Crippen molar-refractivity contribution in [2.75, 3.05) is 32.6 Å². The number of ether oxygens (including phenoxy) is 2. The standard InChI is InChI=1S/C13H18N2O3/c1-17-12(18-2)8-15-13(16)10-3-4-11-9(7-10)5-6-14-11/h3-4,7,12,14H,5-6,8H2,1-2H3,(H,15,16).